The van der Waals surface area contributed by atoms with E-state index in [9.17, 15) is 0 Å². The van der Waals surface area contributed by atoms with E-state index in [2.05, 4.69) is 7.05 Å². The monoisotopic (exact) mass is 211 g/mol. The molecule has 0 aliphatic heterocycles. The van der Waals surface area contributed by atoms with Gasteiger partial charge in [-0.3, -0.25) is 0 Å². The molecule has 1 aromatic carbocycles. The van der Waals surface area contributed by atoms with Crippen LogP contribution < -0.4 is 19.5 Å². The van der Waals surface area contributed by atoms with Gasteiger partial charge in [0.2, 0.25) is 5.75 Å². The normalized spacial score (nSPS) is 9.87. The summed E-state index contributed by atoms with van der Waals surface area (Å²) in [5, 5.41) is 1.82. The summed E-state index contributed by atoms with van der Waals surface area (Å²) in [6.07, 6.45) is 0. The third-order valence-corrected chi connectivity index (χ3v) is 2.15. The van der Waals surface area contributed by atoms with Gasteiger partial charge in [-0.25, -0.2) is 0 Å². The largest absolute Gasteiger partial charge is 0.493 e. The lowest BCUT2D eigenvalue weighted by Gasteiger charge is -2.15. The Kier molecular flexibility index (Phi) is 4.24. The number of ether oxygens (including phenoxy) is 3. The van der Waals surface area contributed by atoms with E-state index >= 15 is 0 Å². The zero-order valence-electron chi connectivity index (χ0n) is 9.37. The Balaban J connectivity index is 3.21. The molecule has 0 aromatic heterocycles. The van der Waals surface area contributed by atoms with E-state index in [1.807, 2.05) is 17.4 Å². The third-order valence-electron chi connectivity index (χ3n) is 2.15. The Hall–Kier alpha value is -1.42. The van der Waals surface area contributed by atoms with Crippen LogP contribution in [0.5, 0.6) is 17.2 Å². The summed E-state index contributed by atoms with van der Waals surface area (Å²) in [5.41, 5.74) is 1.03. The van der Waals surface area contributed by atoms with Gasteiger partial charge in [-0.2, -0.15) is 7.05 Å². The molecule has 0 aliphatic rings. The van der Waals surface area contributed by atoms with Crippen LogP contribution in [0.15, 0.2) is 12.1 Å². The van der Waals surface area contributed by atoms with Crippen molar-refractivity contribution in [2.45, 2.75) is 6.54 Å². The second-order valence-corrected chi connectivity index (χ2v) is 2.99. The highest BCUT2D eigenvalue weighted by atomic mass is 16.5. The van der Waals surface area contributed by atoms with Gasteiger partial charge in [-0.1, -0.05) is 0 Å². The van der Waals surface area contributed by atoms with Gasteiger partial charge >= 0.3 is 0 Å². The highest BCUT2D eigenvalue weighted by molar-refractivity contribution is 5.55. The molecule has 0 saturated carbocycles. The van der Waals surface area contributed by atoms with Crippen molar-refractivity contribution < 1.29 is 19.5 Å². The van der Waals surface area contributed by atoms with E-state index in [1.54, 1.807) is 21.3 Å². The van der Waals surface area contributed by atoms with Crippen LogP contribution in [0, 0.1) is 7.05 Å². The molecule has 84 valence electrons. The van der Waals surface area contributed by atoms with Gasteiger partial charge in [-0.15, -0.1) is 0 Å². The molecule has 4 heteroatoms. The number of rotatable bonds is 5. The Bertz CT molecular complexity index is 326. The second kappa shape index (κ2) is 5.46. The molecule has 0 unspecified atom stereocenters. The molecule has 0 amide bonds. The maximum atomic E-state index is 5.31. The van der Waals surface area contributed by atoms with Gasteiger partial charge in [0.05, 0.1) is 33.4 Å². The van der Waals surface area contributed by atoms with Crippen molar-refractivity contribution in [3.8, 4) is 17.2 Å². The predicted molar refractivity (Wildman–Crippen MR) is 57.1 cm³/mol. The van der Waals surface area contributed by atoms with Gasteiger partial charge in [0.25, 0.3) is 0 Å². The summed E-state index contributed by atoms with van der Waals surface area (Å²) in [6.45, 7) is 0.740. The smallest absolute Gasteiger partial charge is 0.203 e. The average Bonchev–Trinajstić information content (AvgIpc) is 2.28. The Morgan fingerprint density at radius 3 is 2.20 bits per heavy atom. The lowest BCUT2D eigenvalue weighted by atomic mass is 10.1. The summed E-state index contributed by atoms with van der Waals surface area (Å²) < 4.78 is 15.8. The van der Waals surface area contributed by atoms with Crippen LogP contribution in [-0.2, 0) is 6.54 Å². The first-order valence-corrected chi connectivity index (χ1v) is 4.67. The van der Waals surface area contributed by atoms with Gasteiger partial charge in [-0.05, 0) is 12.1 Å². The fraction of sp³-hybridized carbons (Fsp3) is 0.364. The molecule has 0 atom stereocenters. The summed E-state index contributed by atoms with van der Waals surface area (Å²) in [6, 6.07) is 3.81. The summed E-state index contributed by atoms with van der Waals surface area (Å²) in [5.74, 6) is 2.00. The highest BCUT2D eigenvalue weighted by Crippen LogP contribution is 2.39. The molecule has 0 aliphatic carbocycles. The molecular formula is C11H17NO3. The quantitative estimate of drug-likeness (QED) is 0.724. The number of methoxy groups -OCH3 is 3. The van der Waals surface area contributed by atoms with Crippen LogP contribution in [0.25, 0.3) is 0 Å². The molecule has 1 aromatic rings. The molecule has 0 heterocycles. The summed E-state index contributed by atoms with van der Waals surface area (Å²) >= 11 is 0. The highest BCUT2D eigenvalue weighted by Gasteiger charge is 2.15. The van der Waals surface area contributed by atoms with Crippen LogP contribution in [0.1, 0.15) is 5.56 Å². The molecule has 1 rings (SSSR count). The van der Waals surface area contributed by atoms with E-state index in [-0.39, 0.29) is 0 Å². The molecule has 0 saturated heterocycles. The second-order valence-electron chi connectivity index (χ2n) is 2.99. The fourth-order valence-electron chi connectivity index (χ4n) is 1.48. The molecule has 15 heavy (non-hydrogen) atoms. The van der Waals surface area contributed by atoms with Crippen LogP contribution in [0.3, 0.4) is 0 Å². The average molecular weight is 211 g/mol. The lowest BCUT2D eigenvalue weighted by molar-refractivity contribution is -0.612. The van der Waals surface area contributed by atoms with Gasteiger partial charge in [0.1, 0.15) is 0 Å². The third kappa shape index (κ3) is 2.33. The standard InChI is InChI=1S/C11H17NO3/c1-12-7-8-5-6-9(13-2)11(15-4)10(8)14-3/h5-6H,1,7,12H2,2-4H3. The lowest BCUT2D eigenvalue weighted by Crippen LogP contribution is -2.74. The first-order valence-electron chi connectivity index (χ1n) is 4.67. The predicted octanol–water partition coefficient (Wildman–Crippen LogP) is 0.567. The summed E-state index contributed by atoms with van der Waals surface area (Å²) in [4.78, 5) is 0. The van der Waals surface area contributed by atoms with Gasteiger partial charge in [0, 0.05) is 0 Å². The Labute approximate surface area is 90.1 Å². The van der Waals surface area contributed by atoms with Crippen molar-refractivity contribution >= 4 is 0 Å². The van der Waals surface area contributed by atoms with Crippen molar-refractivity contribution in [1.29, 1.82) is 0 Å². The maximum absolute atomic E-state index is 5.31. The molecule has 0 bridgehead atoms. The van der Waals surface area contributed by atoms with E-state index in [4.69, 9.17) is 14.2 Å². The number of nitrogens with two attached hydrogens (primary N) is 1. The van der Waals surface area contributed by atoms with Crippen molar-refractivity contribution in [2.24, 2.45) is 0 Å². The Morgan fingerprint density at radius 2 is 1.73 bits per heavy atom. The number of hydrogen-bond donors (Lipinski definition) is 1. The van der Waals surface area contributed by atoms with E-state index in [0.29, 0.717) is 17.2 Å². The Morgan fingerprint density at radius 1 is 1.07 bits per heavy atom. The SMILES string of the molecule is [CH2-][NH2+]Cc1ccc(OC)c(OC)c1OC. The van der Waals surface area contributed by atoms with E-state index in [1.165, 1.54) is 0 Å². The topological polar surface area (TPSA) is 44.3 Å². The number of hydrogen-bond acceptors (Lipinski definition) is 3. The molecule has 0 spiro atoms. The van der Waals surface area contributed by atoms with Gasteiger partial charge in [0.15, 0.2) is 11.5 Å². The summed E-state index contributed by atoms with van der Waals surface area (Å²) in [7, 11) is 8.51. The fourth-order valence-corrected chi connectivity index (χ4v) is 1.48. The minimum atomic E-state index is 0.624. The molecule has 0 radical (unpaired) electrons. The van der Waals surface area contributed by atoms with Crippen LogP contribution in [0.2, 0.25) is 0 Å². The van der Waals surface area contributed by atoms with Crippen LogP contribution in [-0.4, -0.2) is 21.3 Å². The first-order chi connectivity index (χ1) is 7.28. The molecular weight excluding hydrogens is 194 g/mol. The van der Waals surface area contributed by atoms with Gasteiger partial charge < -0.3 is 19.5 Å². The minimum absolute atomic E-state index is 0.624. The number of quaternary nitrogens is 1. The number of benzene rings is 1. The van der Waals surface area contributed by atoms with Crippen molar-refractivity contribution in [3.05, 3.63) is 24.7 Å². The van der Waals surface area contributed by atoms with Crippen molar-refractivity contribution in [2.75, 3.05) is 21.3 Å². The van der Waals surface area contributed by atoms with Crippen molar-refractivity contribution in [3.63, 3.8) is 0 Å². The minimum Gasteiger partial charge on any atom is -0.493 e. The van der Waals surface area contributed by atoms with Crippen molar-refractivity contribution in [1.82, 2.24) is 0 Å². The molecule has 2 N–H and O–H groups in total. The maximum Gasteiger partial charge on any atom is 0.203 e. The van der Waals surface area contributed by atoms with Crippen LogP contribution in [0.4, 0.5) is 0 Å². The van der Waals surface area contributed by atoms with E-state index < -0.39 is 0 Å². The zero-order valence-corrected chi connectivity index (χ0v) is 9.37. The van der Waals surface area contributed by atoms with Crippen LogP contribution >= 0.6 is 0 Å². The molecule has 4 nitrogen and oxygen atoms in total. The molecule has 0 fully saturated rings. The zero-order chi connectivity index (χ0) is 11.3. The van der Waals surface area contributed by atoms with E-state index in [0.717, 1.165) is 12.1 Å². The first kappa shape index (κ1) is 11.7.